The highest BCUT2D eigenvalue weighted by atomic mass is 16.2. The summed E-state index contributed by atoms with van der Waals surface area (Å²) >= 11 is 0. The lowest BCUT2D eigenvalue weighted by Crippen LogP contribution is -2.36. The van der Waals surface area contributed by atoms with Gasteiger partial charge in [0.15, 0.2) is 0 Å². The van der Waals surface area contributed by atoms with E-state index in [1.54, 1.807) is 11.0 Å². The first kappa shape index (κ1) is 20.6. The Morgan fingerprint density at radius 3 is 2.87 bits per heavy atom. The molecule has 3 heterocycles. The van der Waals surface area contributed by atoms with E-state index < -0.39 is 0 Å². The molecule has 8 nitrogen and oxygen atoms in total. The number of aromatic nitrogens is 4. The van der Waals surface area contributed by atoms with Gasteiger partial charge in [-0.2, -0.15) is 5.10 Å². The predicted molar refractivity (Wildman–Crippen MR) is 117 cm³/mol. The molecule has 4 rings (SSSR count). The summed E-state index contributed by atoms with van der Waals surface area (Å²) < 4.78 is 1.80. The summed E-state index contributed by atoms with van der Waals surface area (Å²) in [6.45, 7) is 4.58. The van der Waals surface area contributed by atoms with Crippen molar-refractivity contribution in [1.29, 1.82) is 0 Å². The second-order valence-corrected chi connectivity index (χ2v) is 8.84. The molecular weight excluding hydrogens is 378 g/mol. The molecule has 162 valence electrons. The SMILES string of the molecule is Cc1nn(C)cc1CN(C)C(=O)CCC1CCCN(c2cc(NC3CC3)ncn2)C1. The van der Waals surface area contributed by atoms with Gasteiger partial charge in [-0.15, -0.1) is 0 Å². The fourth-order valence-corrected chi connectivity index (χ4v) is 4.21. The summed E-state index contributed by atoms with van der Waals surface area (Å²) in [7, 11) is 3.80. The molecule has 1 aliphatic heterocycles. The monoisotopic (exact) mass is 411 g/mol. The van der Waals surface area contributed by atoms with E-state index in [4.69, 9.17) is 0 Å². The largest absolute Gasteiger partial charge is 0.367 e. The second kappa shape index (κ2) is 9.02. The van der Waals surface area contributed by atoms with Crippen LogP contribution in [0.4, 0.5) is 11.6 Å². The molecule has 1 atom stereocenters. The van der Waals surface area contributed by atoms with E-state index in [0.29, 0.717) is 24.9 Å². The second-order valence-electron chi connectivity index (χ2n) is 8.84. The van der Waals surface area contributed by atoms with E-state index in [2.05, 4.69) is 31.3 Å². The number of anilines is 2. The van der Waals surface area contributed by atoms with Gasteiger partial charge < -0.3 is 15.1 Å². The van der Waals surface area contributed by atoms with Gasteiger partial charge in [-0.25, -0.2) is 9.97 Å². The van der Waals surface area contributed by atoms with Crippen LogP contribution >= 0.6 is 0 Å². The van der Waals surface area contributed by atoms with Crippen molar-refractivity contribution in [3.63, 3.8) is 0 Å². The number of hydrogen-bond donors (Lipinski definition) is 1. The normalized spacial score (nSPS) is 19.0. The average Bonchev–Trinajstić information content (AvgIpc) is 3.49. The van der Waals surface area contributed by atoms with Crippen molar-refractivity contribution in [2.45, 2.75) is 58.0 Å². The molecule has 0 radical (unpaired) electrons. The van der Waals surface area contributed by atoms with Crippen LogP contribution in [0.25, 0.3) is 0 Å². The summed E-state index contributed by atoms with van der Waals surface area (Å²) in [4.78, 5) is 25.7. The Kier molecular flexibility index (Phi) is 6.20. The van der Waals surface area contributed by atoms with Gasteiger partial charge in [-0.05, 0) is 44.9 Å². The zero-order valence-corrected chi connectivity index (χ0v) is 18.3. The number of nitrogens with one attached hydrogen (secondary N) is 1. The molecule has 1 amide bonds. The molecule has 1 saturated heterocycles. The van der Waals surface area contributed by atoms with Gasteiger partial charge in [0.05, 0.1) is 5.69 Å². The molecule has 2 aromatic rings. The van der Waals surface area contributed by atoms with Crippen LogP contribution in [0.1, 0.15) is 49.8 Å². The number of carbonyl (C=O) groups is 1. The van der Waals surface area contributed by atoms with Crippen LogP contribution in [0.3, 0.4) is 0 Å². The van der Waals surface area contributed by atoms with E-state index in [1.165, 1.54) is 19.3 Å². The van der Waals surface area contributed by atoms with Crippen molar-refractivity contribution in [2.75, 3.05) is 30.4 Å². The molecule has 0 aromatic carbocycles. The number of amides is 1. The Bertz CT molecular complexity index is 876. The smallest absolute Gasteiger partial charge is 0.222 e. The third kappa shape index (κ3) is 5.29. The predicted octanol–water partition coefficient (Wildman–Crippen LogP) is 2.75. The Hall–Kier alpha value is -2.64. The van der Waals surface area contributed by atoms with Crippen molar-refractivity contribution >= 4 is 17.5 Å². The molecule has 2 aromatic heterocycles. The first-order valence-electron chi connectivity index (χ1n) is 11.0. The van der Waals surface area contributed by atoms with E-state index in [9.17, 15) is 4.79 Å². The van der Waals surface area contributed by atoms with Crippen LogP contribution in [0, 0.1) is 12.8 Å². The topological polar surface area (TPSA) is 79.2 Å². The number of rotatable bonds is 8. The summed E-state index contributed by atoms with van der Waals surface area (Å²) in [5.41, 5.74) is 2.09. The lowest BCUT2D eigenvalue weighted by atomic mass is 9.93. The molecule has 2 fully saturated rings. The van der Waals surface area contributed by atoms with Gasteiger partial charge in [0.1, 0.15) is 18.0 Å². The van der Waals surface area contributed by atoms with Crippen LogP contribution in [-0.4, -0.2) is 56.7 Å². The number of nitrogens with zero attached hydrogens (tertiary/aromatic N) is 6. The molecule has 2 aliphatic rings. The Balaban J connectivity index is 1.27. The fraction of sp³-hybridized carbons (Fsp3) is 0.636. The van der Waals surface area contributed by atoms with Crippen molar-refractivity contribution in [3.05, 3.63) is 29.8 Å². The quantitative estimate of drug-likeness (QED) is 0.720. The van der Waals surface area contributed by atoms with E-state index in [1.807, 2.05) is 32.1 Å². The van der Waals surface area contributed by atoms with Crippen LogP contribution in [0.15, 0.2) is 18.6 Å². The zero-order chi connectivity index (χ0) is 21.1. The molecule has 30 heavy (non-hydrogen) atoms. The number of hydrogen-bond acceptors (Lipinski definition) is 6. The minimum Gasteiger partial charge on any atom is -0.367 e. The zero-order valence-electron chi connectivity index (χ0n) is 18.3. The summed E-state index contributed by atoms with van der Waals surface area (Å²) in [5.74, 6) is 2.64. The van der Waals surface area contributed by atoms with Gasteiger partial charge in [-0.1, -0.05) is 0 Å². The Morgan fingerprint density at radius 2 is 2.13 bits per heavy atom. The van der Waals surface area contributed by atoms with Crippen LogP contribution in [-0.2, 0) is 18.4 Å². The van der Waals surface area contributed by atoms with Gasteiger partial charge in [-0.3, -0.25) is 9.48 Å². The molecule has 1 saturated carbocycles. The fourth-order valence-electron chi connectivity index (χ4n) is 4.21. The Labute approximate surface area is 178 Å². The highest BCUT2D eigenvalue weighted by Gasteiger charge is 2.24. The third-order valence-corrected chi connectivity index (χ3v) is 6.14. The Morgan fingerprint density at radius 1 is 1.30 bits per heavy atom. The molecule has 8 heteroatoms. The first-order valence-corrected chi connectivity index (χ1v) is 11.0. The summed E-state index contributed by atoms with van der Waals surface area (Å²) in [6, 6.07) is 2.65. The number of piperidine rings is 1. The summed E-state index contributed by atoms with van der Waals surface area (Å²) in [5, 5.41) is 7.81. The van der Waals surface area contributed by atoms with E-state index in [0.717, 1.165) is 48.8 Å². The minimum absolute atomic E-state index is 0.202. The van der Waals surface area contributed by atoms with E-state index in [-0.39, 0.29) is 5.91 Å². The average molecular weight is 412 g/mol. The third-order valence-electron chi connectivity index (χ3n) is 6.14. The number of carbonyl (C=O) groups excluding carboxylic acids is 1. The van der Waals surface area contributed by atoms with Gasteiger partial charge >= 0.3 is 0 Å². The van der Waals surface area contributed by atoms with Gasteiger partial charge in [0.2, 0.25) is 5.91 Å². The lowest BCUT2D eigenvalue weighted by Gasteiger charge is -2.33. The van der Waals surface area contributed by atoms with Crippen molar-refractivity contribution in [2.24, 2.45) is 13.0 Å². The standard InChI is InChI=1S/C22H33N7O/c1-16-18(14-28(3)26-16)13-27(2)22(30)9-6-17-5-4-10-29(12-17)21-11-20(23-15-24-21)25-19-7-8-19/h11,14-15,17,19H,4-10,12-13H2,1-3H3,(H,23,24,25). The molecule has 0 spiro atoms. The van der Waals surface area contributed by atoms with E-state index >= 15 is 0 Å². The lowest BCUT2D eigenvalue weighted by molar-refractivity contribution is -0.130. The van der Waals surface area contributed by atoms with Gasteiger partial charge in [0, 0.05) is 64.0 Å². The first-order chi connectivity index (χ1) is 14.5. The molecular formula is C22H33N7O. The molecule has 0 bridgehead atoms. The summed E-state index contributed by atoms with van der Waals surface area (Å²) in [6.07, 6.45) is 9.93. The van der Waals surface area contributed by atoms with Crippen molar-refractivity contribution in [3.8, 4) is 0 Å². The van der Waals surface area contributed by atoms with Crippen LogP contribution in [0.2, 0.25) is 0 Å². The molecule has 1 unspecified atom stereocenters. The molecule has 1 N–H and O–H groups in total. The maximum Gasteiger partial charge on any atom is 0.222 e. The van der Waals surface area contributed by atoms with Crippen LogP contribution < -0.4 is 10.2 Å². The number of aryl methyl sites for hydroxylation is 2. The van der Waals surface area contributed by atoms with Crippen molar-refractivity contribution in [1.82, 2.24) is 24.6 Å². The minimum atomic E-state index is 0.202. The maximum absolute atomic E-state index is 12.7. The highest BCUT2D eigenvalue weighted by molar-refractivity contribution is 5.75. The maximum atomic E-state index is 12.7. The highest BCUT2D eigenvalue weighted by Crippen LogP contribution is 2.28. The molecule has 1 aliphatic carbocycles. The van der Waals surface area contributed by atoms with Gasteiger partial charge in [0.25, 0.3) is 0 Å². The van der Waals surface area contributed by atoms with Crippen LogP contribution in [0.5, 0.6) is 0 Å². The van der Waals surface area contributed by atoms with Crippen molar-refractivity contribution < 1.29 is 4.79 Å².